The molecule has 2 aromatic heterocycles. The van der Waals surface area contributed by atoms with Crippen LogP contribution in [0.3, 0.4) is 0 Å². The maximum absolute atomic E-state index is 12.0. The van der Waals surface area contributed by atoms with Crippen LogP contribution in [-0.4, -0.2) is 20.9 Å². The van der Waals surface area contributed by atoms with E-state index in [1.54, 1.807) is 31.5 Å². The Hall–Kier alpha value is -2.54. The summed E-state index contributed by atoms with van der Waals surface area (Å²) in [6.45, 7) is 1.79. The highest BCUT2D eigenvalue weighted by atomic mass is 16.7. The van der Waals surface area contributed by atoms with Gasteiger partial charge in [0.1, 0.15) is 17.5 Å². The van der Waals surface area contributed by atoms with Crippen molar-refractivity contribution in [1.82, 2.24) is 20.4 Å². The molecular formula is C15H16N4O3. The monoisotopic (exact) mass is 300 g/mol. The molecule has 0 bridgehead atoms. The molecule has 0 radical (unpaired) electrons. The van der Waals surface area contributed by atoms with Gasteiger partial charge in [-0.1, -0.05) is 0 Å². The van der Waals surface area contributed by atoms with Gasteiger partial charge in [0.2, 0.25) is 0 Å². The molecule has 1 amide bonds. The van der Waals surface area contributed by atoms with Crippen molar-refractivity contribution < 1.29 is 9.63 Å². The molecule has 1 aliphatic rings. The van der Waals surface area contributed by atoms with Gasteiger partial charge in [0.25, 0.3) is 11.5 Å². The van der Waals surface area contributed by atoms with Gasteiger partial charge in [-0.25, -0.2) is 10.5 Å². The van der Waals surface area contributed by atoms with E-state index in [1.807, 2.05) is 0 Å². The summed E-state index contributed by atoms with van der Waals surface area (Å²) in [7, 11) is 0. The average molecular weight is 300 g/mol. The first-order chi connectivity index (χ1) is 10.6. The van der Waals surface area contributed by atoms with Crippen molar-refractivity contribution in [1.29, 1.82) is 0 Å². The summed E-state index contributed by atoms with van der Waals surface area (Å²) < 4.78 is 0. The second kappa shape index (κ2) is 6.07. The zero-order valence-corrected chi connectivity index (χ0v) is 12.1. The van der Waals surface area contributed by atoms with Crippen LogP contribution in [0.1, 0.15) is 53.5 Å². The normalized spacial score (nSPS) is 15.3. The maximum Gasteiger partial charge on any atom is 0.282 e. The van der Waals surface area contributed by atoms with E-state index in [-0.39, 0.29) is 11.7 Å². The summed E-state index contributed by atoms with van der Waals surface area (Å²) in [6.07, 6.45) is 6.28. The summed E-state index contributed by atoms with van der Waals surface area (Å²) >= 11 is 0. The molecule has 0 unspecified atom stereocenters. The molecule has 1 atom stereocenters. The Labute approximate surface area is 126 Å². The molecule has 0 aliphatic heterocycles. The fraction of sp³-hybridized carbons (Fsp3) is 0.333. The minimum absolute atomic E-state index is 0.0636. The van der Waals surface area contributed by atoms with E-state index in [9.17, 15) is 9.59 Å². The second-order valence-corrected chi connectivity index (χ2v) is 5.26. The Kier molecular flexibility index (Phi) is 3.97. The number of aromatic amines is 1. The first-order valence-electron chi connectivity index (χ1n) is 7.10. The molecular weight excluding hydrogens is 284 g/mol. The highest BCUT2D eigenvalue weighted by molar-refractivity contribution is 5.92. The summed E-state index contributed by atoms with van der Waals surface area (Å²) in [5.74, 6) is 0.359. The van der Waals surface area contributed by atoms with Crippen molar-refractivity contribution in [2.75, 3.05) is 0 Å². The lowest BCUT2D eigenvalue weighted by Gasteiger charge is -2.13. The maximum atomic E-state index is 12.0. The number of nitrogens with zero attached hydrogens (tertiary/aromatic N) is 2. The number of hydrogen-bond donors (Lipinski definition) is 2. The third-order valence-corrected chi connectivity index (χ3v) is 3.53. The van der Waals surface area contributed by atoms with Gasteiger partial charge in [-0.3, -0.25) is 19.4 Å². The predicted molar refractivity (Wildman–Crippen MR) is 78.0 cm³/mol. The van der Waals surface area contributed by atoms with Crippen LogP contribution in [0.15, 0.2) is 35.5 Å². The zero-order chi connectivity index (χ0) is 15.5. The molecule has 3 rings (SSSR count). The molecule has 1 saturated carbocycles. The van der Waals surface area contributed by atoms with Gasteiger partial charge in [0.05, 0.1) is 0 Å². The Morgan fingerprint density at radius 2 is 2.14 bits per heavy atom. The lowest BCUT2D eigenvalue weighted by atomic mass is 10.2. The van der Waals surface area contributed by atoms with Crippen LogP contribution >= 0.6 is 0 Å². The molecule has 114 valence electrons. The van der Waals surface area contributed by atoms with Crippen LogP contribution in [0.2, 0.25) is 0 Å². The van der Waals surface area contributed by atoms with Gasteiger partial charge >= 0.3 is 0 Å². The molecule has 0 saturated heterocycles. The van der Waals surface area contributed by atoms with Crippen molar-refractivity contribution in [3.8, 4) is 0 Å². The Morgan fingerprint density at radius 1 is 1.41 bits per heavy atom. The number of carbonyl (C=O) groups excluding carboxylic acids is 1. The summed E-state index contributed by atoms with van der Waals surface area (Å²) in [5, 5.41) is 0. The Balaban J connectivity index is 1.63. The number of amides is 1. The number of aromatic nitrogens is 3. The molecule has 7 nitrogen and oxygen atoms in total. The molecule has 7 heteroatoms. The van der Waals surface area contributed by atoms with E-state index in [1.165, 1.54) is 6.20 Å². The third kappa shape index (κ3) is 3.20. The zero-order valence-electron chi connectivity index (χ0n) is 12.1. The molecule has 22 heavy (non-hydrogen) atoms. The van der Waals surface area contributed by atoms with Gasteiger partial charge in [0.15, 0.2) is 0 Å². The highest BCUT2D eigenvalue weighted by Gasteiger charge is 2.26. The minimum Gasteiger partial charge on any atom is -0.310 e. The Bertz CT molecular complexity index is 725. The SMILES string of the molecule is C[C@H](ONC(=O)c1cnc(C2CC2)[nH]c1=O)c1ccncc1. The van der Waals surface area contributed by atoms with Crippen molar-refractivity contribution in [3.05, 3.63) is 58.0 Å². The third-order valence-electron chi connectivity index (χ3n) is 3.53. The van der Waals surface area contributed by atoms with Crippen molar-refractivity contribution in [2.45, 2.75) is 31.8 Å². The van der Waals surface area contributed by atoms with Crippen molar-refractivity contribution in [2.24, 2.45) is 0 Å². The number of hydroxylamine groups is 1. The number of hydrogen-bond acceptors (Lipinski definition) is 5. The second-order valence-electron chi connectivity index (χ2n) is 5.26. The number of rotatable bonds is 5. The fourth-order valence-corrected chi connectivity index (χ4v) is 2.03. The van der Waals surface area contributed by atoms with E-state index in [0.29, 0.717) is 11.7 Å². The van der Waals surface area contributed by atoms with E-state index >= 15 is 0 Å². The fourth-order valence-electron chi connectivity index (χ4n) is 2.03. The van der Waals surface area contributed by atoms with Gasteiger partial charge < -0.3 is 4.98 Å². The highest BCUT2D eigenvalue weighted by Crippen LogP contribution is 2.37. The van der Waals surface area contributed by atoms with Crippen LogP contribution in [0.25, 0.3) is 0 Å². The molecule has 1 aliphatic carbocycles. The van der Waals surface area contributed by atoms with E-state index in [4.69, 9.17) is 4.84 Å². The average Bonchev–Trinajstić information content (AvgIpc) is 3.38. The Morgan fingerprint density at radius 3 is 2.77 bits per heavy atom. The topological polar surface area (TPSA) is 97.0 Å². The molecule has 2 N–H and O–H groups in total. The number of H-pyrrole nitrogens is 1. The van der Waals surface area contributed by atoms with E-state index in [2.05, 4.69) is 20.4 Å². The van der Waals surface area contributed by atoms with Gasteiger partial charge in [0, 0.05) is 24.5 Å². The number of nitrogens with one attached hydrogen (secondary N) is 2. The standard InChI is InChI=1S/C15H16N4O3/c1-9(10-4-6-16-7-5-10)22-19-15(21)12-8-17-13(11-2-3-11)18-14(12)20/h4-9,11H,2-3H2,1H3,(H,19,21)(H,17,18,20)/t9-/m0/s1. The minimum atomic E-state index is -0.614. The smallest absolute Gasteiger partial charge is 0.282 e. The van der Waals surface area contributed by atoms with E-state index < -0.39 is 11.5 Å². The summed E-state index contributed by atoms with van der Waals surface area (Å²) in [5.41, 5.74) is 2.64. The van der Waals surface area contributed by atoms with Crippen LogP contribution in [-0.2, 0) is 4.84 Å². The van der Waals surface area contributed by atoms with Crippen LogP contribution < -0.4 is 11.0 Å². The molecule has 1 fully saturated rings. The predicted octanol–water partition coefficient (Wildman–Crippen LogP) is 1.46. The molecule has 0 aromatic carbocycles. The lowest BCUT2D eigenvalue weighted by molar-refractivity contribution is -0.00906. The van der Waals surface area contributed by atoms with Crippen molar-refractivity contribution >= 4 is 5.91 Å². The number of pyridine rings is 1. The lowest BCUT2D eigenvalue weighted by Crippen LogP contribution is -2.31. The van der Waals surface area contributed by atoms with Crippen LogP contribution in [0, 0.1) is 0 Å². The van der Waals surface area contributed by atoms with Crippen molar-refractivity contribution in [3.63, 3.8) is 0 Å². The van der Waals surface area contributed by atoms with Gasteiger partial charge in [-0.2, -0.15) is 0 Å². The quantitative estimate of drug-likeness (QED) is 0.815. The molecule has 0 spiro atoms. The summed E-state index contributed by atoms with van der Waals surface area (Å²) in [4.78, 5) is 39.9. The van der Waals surface area contributed by atoms with Crippen LogP contribution in [0.5, 0.6) is 0 Å². The molecule has 2 heterocycles. The number of carbonyl (C=O) groups is 1. The first kappa shape index (κ1) is 14.4. The summed E-state index contributed by atoms with van der Waals surface area (Å²) in [6, 6.07) is 3.57. The largest absolute Gasteiger partial charge is 0.310 e. The van der Waals surface area contributed by atoms with E-state index in [0.717, 1.165) is 18.4 Å². The van der Waals surface area contributed by atoms with Gasteiger partial charge in [-0.15, -0.1) is 0 Å². The van der Waals surface area contributed by atoms with Gasteiger partial charge in [-0.05, 0) is 37.5 Å². The molecule has 2 aromatic rings. The first-order valence-corrected chi connectivity index (χ1v) is 7.10. The van der Waals surface area contributed by atoms with Crippen LogP contribution in [0.4, 0.5) is 0 Å².